The molecule has 178 valence electrons. The van der Waals surface area contributed by atoms with Crippen LogP contribution in [0.1, 0.15) is 36.2 Å². The quantitative estimate of drug-likeness (QED) is 0.260. The van der Waals surface area contributed by atoms with E-state index in [0.717, 1.165) is 11.6 Å². The highest BCUT2D eigenvalue weighted by Gasteiger charge is 2.62. The van der Waals surface area contributed by atoms with Gasteiger partial charge in [-0.2, -0.15) is 18.2 Å². The fraction of sp³-hybridized carbons (Fsp3) is 0.320. The topological polar surface area (TPSA) is 46.3 Å². The Hall–Kier alpha value is -3.74. The molecule has 0 saturated heterocycles. The number of benzene rings is 2. The molecular formula is C25H18F5N5. The van der Waals surface area contributed by atoms with E-state index in [4.69, 9.17) is 0 Å². The third-order valence-electron chi connectivity index (χ3n) is 6.79. The smallest absolute Gasteiger partial charge is 0.325 e. The maximum atomic E-state index is 15.2. The third-order valence-corrected chi connectivity index (χ3v) is 6.79. The lowest BCUT2D eigenvalue weighted by Crippen LogP contribution is -2.27. The van der Waals surface area contributed by atoms with Crippen LogP contribution in [0.15, 0.2) is 30.3 Å². The molecule has 6 rings (SSSR count). The van der Waals surface area contributed by atoms with Crippen molar-refractivity contribution in [1.29, 1.82) is 0 Å². The Kier molecular flexibility index (Phi) is 4.59. The number of alkyl halides is 3. The number of halogens is 5. The summed E-state index contributed by atoms with van der Waals surface area (Å²) < 4.78 is 71.2. The van der Waals surface area contributed by atoms with Crippen LogP contribution < -0.4 is 4.90 Å². The Bertz CT molecular complexity index is 1570. The first-order valence-corrected chi connectivity index (χ1v) is 11.2. The average Bonchev–Trinajstić information content (AvgIpc) is 3.56. The SMILES string of the molecule is Cc1nnc2nc(N3CCCc4c(C#CC5(C(F)(F)F)CC5)cccc43)c3c(F)c(F)ccc3n12. The molecule has 2 aromatic carbocycles. The molecule has 0 atom stereocenters. The Morgan fingerprint density at radius 3 is 2.60 bits per heavy atom. The first-order chi connectivity index (χ1) is 16.7. The number of nitrogens with zero attached hydrogens (tertiary/aromatic N) is 5. The monoisotopic (exact) mass is 483 g/mol. The molecule has 1 aliphatic carbocycles. The summed E-state index contributed by atoms with van der Waals surface area (Å²) in [6, 6.07) is 7.69. The third kappa shape index (κ3) is 3.25. The van der Waals surface area contributed by atoms with Gasteiger partial charge in [0.2, 0.25) is 0 Å². The van der Waals surface area contributed by atoms with Gasteiger partial charge in [0.15, 0.2) is 11.6 Å². The zero-order valence-corrected chi connectivity index (χ0v) is 18.5. The molecule has 10 heteroatoms. The number of aryl methyl sites for hydroxylation is 1. The normalized spacial score (nSPS) is 16.8. The molecule has 1 aliphatic heterocycles. The Labute approximate surface area is 196 Å². The molecule has 35 heavy (non-hydrogen) atoms. The maximum Gasteiger partial charge on any atom is 0.405 e. The van der Waals surface area contributed by atoms with Crippen LogP contribution in [0.2, 0.25) is 0 Å². The van der Waals surface area contributed by atoms with Gasteiger partial charge in [0, 0.05) is 17.8 Å². The molecular weight excluding hydrogens is 465 g/mol. The van der Waals surface area contributed by atoms with Gasteiger partial charge in [-0.15, -0.1) is 10.2 Å². The van der Waals surface area contributed by atoms with Crippen molar-refractivity contribution < 1.29 is 22.0 Å². The predicted molar refractivity (Wildman–Crippen MR) is 119 cm³/mol. The van der Waals surface area contributed by atoms with Crippen LogP contribution in [0.5, 0.6) is 0 Å². The highest BCUT2D eigenvalue weighted by molar-refractivity contribution is 5.94. The fourth-order valence-corrected chi connectivity index (χ4v) is 4.74. The van der Waals surface area contributed by atoms with Gasteiger partial charge in [-0.3, -0.25) is 4.40 Å². The van der Waals surface area contributed by atoms with E-state index in [1.54, 1.807) is 34.4 Å². The lowest BCUT2D eigenvalue weighted by Gasteiger charge is -2.32. The zero-order valence-electron chi connectivity index (χ0n) is 18.5. The average molecular weight is 483 g/mol. The first-order valence-electron chi connectivity index (χ1n) is 11.2. The molecule has 2 aliphatic rings. The van der Waals surface area contributed by atoms with Crippen molar-refractivity contribution in [2.75, 3.05) is 11.4 Å². The van der Waals surface area contributed by atoms with Crippen molar-refractivity contribution in [3.8, 4) is 11.8 Å². The van der Waals surface area contributed by atoms with E-state index < -0.39 is 23.2 Å². The molecule has 0 radical (unpaired) electrons. The fourth-order valence-electron chi connectivity index (χ4n) is 4.74. The molecule has 1 saturated carbocycles. The van der Waals surface area contributed by atoms with Gasteiger partial charge < -0.3 is 4.90 Å². The number of rotatable bonds is 1. The minimum Gasteiger partial charge on any atom is -0.325 e. The lowest BCUT2D eigenvalue weighted by atomic mass is 9.95. The van der Waals surface area contributed by atoms with E-state index in [0.29, 0.717) is 42.0 Å². The van der Waals surface area contributed by atoms with Crippen molar-refractivity contribution in [3.05, 3.63) is 58.9 Å². The predicted octanol–water partition coefficient (Wildman–Crippen LogP) is 5.64. The molecule has 0 amide bonds. The molecule has 5 nitrogen and oxygen atoms in total. The molecule has 0 bridgehead atoms. The Morgan fingerprint density at radius 2 is 1.86 bits per heavy atom. The van der Waals surface area contributed by atoms with Crippen LogP contribution >= 0.6 is 0 Å². The second kappa shape index (κ2) is 7.38. The molecule has 4 aromatic rings. The van der Waals surface area contributed by atoms with Gasteiger partial charge in [0.1, 0.15) is 17.1 Å². The molecule has 3 heterocycles. The van der Waals surface area contributed by atoms with Gasteiger partial charge in [-0.1, -0.05) is 17.9 Å². The Balaban J connectivity index is 1.54. The maximum absolute atomic E-state index is 15.2. The number of fused-ring (bicyclic) bond motifs is 4. The van der Waals surface area contributed by atoms with Crippen molar-refractivity contribution in [1.82, 2.24) is 19.6 Å². The van der Waals surface area contributed by atoms with Crippen LogP contribution in [-0.2, 0) is 6.42 Å². The summed E-state index contributed by atoms with van der Waals surface area (Å²) in [5.41, 5.74) is 0.346. The number of aromatic nitrogens is 4. The number of anilines is 2. The van der Waals surface area contributed by atoms with Gasteiger partial charge >= 0.3 is 6.18 Å². The lowest BCUT2D eigenvalue weighted by molar-refractivity contribution is -0.168. The first kappa shape index (κ1) is 21.8. The van der Waals surface area contributed by atoms with E-state index in [2.05, 4.69) is 27.0 Å². The number of hydrogen-bond donors (Lipinski definition) is 0. The summed E-state index contributed by atoms with van der Waals surface area (Å²) in [6.07, 6.45) is -3.13. The number of hydrogen-bond acceptors (Lipinski definition) is 4. The van der Waals surface area contributed by atoms with Crippen LogP contribution in [-0.4, -0.2) is 32.3 Å². The van der Waals surface area contributed by atoms with Crippen LogP contribution in [0.3, 0.4) is 0 Å². The van der Waals surface area contributed by atoms with E-state index in [1.807, 2.05) is 0 Å². The molecule has 0 N–H and O–H groups in total. The van der Waals surface area contributed by atoms with Gasteiger partial charge in [0.25, 0.3) is 5.78 Å². The summed E-state index contributed by atoms with van der Waals surface area (Å²) in [7, 11) is 0. The molecule has 1 fully saturated rings. The van der Waals surface area contributed by atoms with Gasteiger partial charge in [-0.05, 0) is 62.4 Å². The van der Waals surface area contributed by atoms with Crippen molar-refractivity contribution in [2.45, 2.75) is 38.8 Å². The largest absolute Gasteiger partial charge is 0.405 e. The van der Waals surface area contributed by atoms with Crippen LogP contribution in [0.25, 0.3) is 16.7 Å². The van der Waals surface area contributed by atoms with Crippen LogP contribution in [0.4, 0.5) is 33.5 Å². The second-order valence-corrected chi connectivity index (χ2v) is 8.96. The van der Waals surface area contributed by atoms with Crippen molar-refractivity contribution in [2.24, 2.45) is 5.41 Å². The summed E-state index contributed by atoms with van der Waals surface area (Å²) in [4.78, 5) is 6.29. The van der Waals surface area contributed by atoms with Crippen LogP contribution in [0, 0.1) is 35.8 Å². The van der Waals surface area contributed by atoms with Crippen molar-refractivity contribution >= 4 is 28.2 Å². The summed E-state index contributed by atoms with van der Waals surface area (Å²) in [5, 5.41) is 8.07. The van der Waals surface area contributed by atoms with E-state index >= 15 is 4.39 Å². The van der Waals surface area contributed by atoms with E-state index in [1.165, 1.54) is 6.07 Å². The summed E-state index contributed by atoms with van der Waals surface area (Å²) in [6.45, 7) is 2.15. The Morgan fingerprint density at radius 1 is 1.06 bits per heavy atom. The molecule has 0 unspecified atom stereocenters. The second-order valence-electron chi connectivity index (χ2n) is 8.96. The van der Waals surface area contributed by atoms with Gasteiger partial charge in [-0.25, -0.2) is 8.78 Å². The summed E-state index contributed by atoms with van der Waals surface area (Å²) in [5.74, 6) is 4.07. The van der Waals surface area contributed by atoms with E-state index in [-0.39, 0.29) is 29.8 Å². The molecule has 0 spiro atoms. The highest BCUT2D eigenvalue weighted by atomic mass is 19.4. The minimum atomic E-state index is -4.36. The van der Waals surface area contributed by atoms with Gasteiger partial charge in [0.05, 0.1) is 10.9 Å². The highest BCUT2D eigenvalue weighted by Crippen LogP contribution is 2.57. The standard InChI is InChI=1S/C25H18F5N5/c1-14-32-33-23-31-22(20-19(35(14)23)8-7-17(26)21(20)27)34-13-3-5-16-15(4-2-6-18(16)34)9-10-24(11-12-24)25(28,29)30/h2,4,6-8H,3,5,11-13H2,1H3. The molecule has 2 aromatic heterocycles. The summed E-state index contributed by atoms with van der Waals surface area (Å²) >= 11 is 0. The van der Waals surface area contributed by atoms with E-state index in [9.17, 15) is 17.6 Å². The minimum absolute atomic E-state index is 0.00315. The van der Waals surface area contributed by atoms with Crippen molar-refractivity contribution in [3.63, 3.8) is 0 Å². The zero-order chi connectivity index (χ0) is 24.5.